The number of rotatable bonds is 3. The number of aldehydes is 1. The Labute approximate surface area is 144 Å². The molecule has 3 aliphatic carbocycles. The van der Waals surface area contributed by atoms with Crippen LogP contribution in [-0.2, 0) is 11.2 Å². The van der Waals surface area contributed by atoms with Gasteiger partial charge in [-0.3, -0.25) is 0 Å². The van der Waals surface area contributed by atoms with Crippen molar-refractivity contribution >= 4 is 6.29 Å². The maximum absolute atomic E-state index is 11.2. The zero-order valence-electron chi connectivity index (χ0n) is 14.8. The molecule has 2 saturated carbocycles. The molecule has 0 amide bonds. The minimum atomic E-state index is -0.787. The van der Waals surface area contributed by atoms with Crippen LogP contribution in [0.15, 0.2) is 18.2 Å². The molecule has 0 heterocycles. The smallest absolute Gasteiger partial charge is 0.122 e. The van der Waals surface area contributed by atoms with Gasteiger partial charge in [0, 0.05) is 6.42 Å². The summed E-state index contributed by atoms with van der Waals surface area (Å²) in [5.74, 6) is 2.74. The second kappa shape index (κ2) is 5.59. The third-order valence-electron chi connectivity index (χ3n) is 7.68. The molecule has 1 aromatic carbocycles. The monoisotopic (exact) mass is 328 g/mol. The minimum absolute atomic E-state index is 0.0982. The molecule has 3 nitrogen and oxygen atoms in total. The van der Waals surface area contributed by atoms with Crippen molar-refractivity contribution in [1.82, 2.24) is 0 Å². The molecule has 0 aromatic heterocycles. The average Bonchev–Trinajstić information content (AvgIpc) is 2.86. The van der Waals surface area contributed by atoms with Gasteiger partial charge in [0.2, 0.25) is 0 Å². The Bertz CT molecular complexity index is 654. The number of aliphatic hydroxyl groups is 1. The van der Waals surface area contributed by atoms with E-state index in [0.29, 0.717) is 24.2 Å². The number of hydrogen-bond donors (Lipinski definition) is 1. The highest BCUT2D eigenvalue weighted by molar-refractivity contribution is 5.52. The van der Waals surface area contributed by atoms with E-state index in [1.807, 2.05) is 0 Å². The predicted molar refractivity (Wildman–Crippen MR) is 93.2 cm³/mol. The van der Waals surface area contributed by atoms with E-state index in [1.54, 1.807) is 7.11 Å². The lowest BCUT2D eigenvalue weighted by molar-refractivity contribution is -0.128. The van der Waals surface area contributed by atoms with Crippen LogP contribution >= 0.6 is 0 Å². The Morgan fingerprint density at radius 1 is 1.29 bits per heavy atom. The summed E-state index contributed by atoms with van der Waals surface area (Å²) in [7, 11) is 1.73. The summed E-state index contributed by atoms with van der Waals surface area (Å²) in [4.78, 5) is 11.1. The van der Waals surface area contributed by atoms with Crippen LogP contribution in [0.3, 0.4) is 0 Å². The van der Waals surface area contributed by atoms with Crippen LogP contribution in [0.5, 0.6) is 5.75 Å². The summed E-state index contributed by atoms with van der Waals surface area (Å²) >= 11 is 0. The second-order valence-corrected chi connectivity index (χ2v) is 8.38. The lowest BCUT2D eigenvalue weighted by atomic mass is 9.53. The van der Waals surface area contributed by atoms with Crippen molar-refractivity contribution in [3.63, 3.8) is 0 Å². The van der Waals surface area contributed by atoms with Crippen LogP contribution < -0.4 is 4.74 Å². The third-order valence-corrected chi connectivity index (χ3v) is 7.68. The van der Waals surface area contributed by atoms with Crippen molar-refractivity contribution in [2.24, 2.45) is 17.3 Å². The van der Waals surface area contributed by atoms with E-state index in [9.17, 15) is 9.90 Å². The lowest BCUT2D eigenvalue weighted by Crippen LogP contribution is -2.51. The fourth-order valence-corrected chi connectivity index (χ4v) is 6.27. The van der Waals surface area contributed by atoms with Crippen LogP contribution in [0, 0.1) is 17.3 Å². The molecular formula is C21H28O3. The molecule has 1 aromatic rings. The van der Waals surface area contributed by atoms with E-state index in [1.165, 1.54) is 17.5 Å². The van der Waals surface area contributed by atoms with Gasteiger partial charge in [0.25, 0.3) is 0 Å². The van der Waals surface area contributed by atoms with Crippen molar-refractivity contribution in [2.45, 2.75) is 63.4 Å². The molecule has 0 unspecified atom stereocenters. The molecule has 1 N–H and O–H groups in total. The summed E-state index contributed by atoms with van der Waals surface area (Å²) < 4.78 is 5.39. The summed E-state index contributed by atoms with van der Waals surface area (Å²) in [6.45, 7) is 2.24. The standard InChI is InChI=1S/C21H28O3/c1-20-9-7-17-16-6-4-15(24-2)13-14(16)3-5-18(17)19(20)8-10-21(20,23)11-12-22/h4,6,12-13,17-19,23H,3,5,7-11H2,1-2H3/t17-,18-,19+,20+,21-/m1/s1. The number of carbonyl (C=O) groups is 1. The van der Waals surface area contributed by atoms with Crippen molar-refractivity contribution in [1.29, 1.82) is 0 Å². The SMILES string of the molecule is COc1ccc2c(c1)CC[C@@H]1[C@@H]2CC[C@@]2(C)[C@H]1CC[C@@]2(O)CC=O. The maximum atomic E-state index is 11.2. The fraction of sp³-hybridized carbons (Fsp3) is 0.667. The van der Waals surface area contributed by atoms with Gasteiger partial charge in [-0.25, -0.2) is 0 Å². The highest BCUT2D eigenvalue weighted by Gasteiger charge is 2.61. The van der Waals surface area contributed by atoms with Gasteiger partial charge in [-0.2, -0.15) is 0 Å². The topological polar surface area (TPSA) is 46.5 Å². The Morgan fingerprint density at radius 2 is 2.12 bits per heavy atom. The molecule has 130 valence electrons. The summed E-state index contributed by atoms with van der Waals surface area (Å²) in [5.41, 5.74) is 2.06. The number of carbonyl (C=O) groups excluding carboxylic acids is 1. The molecular weight excluding hydrogens is 300 g/mol. The van der Waals surface area contributed by atoms with Crippen LogP contribution in [0.1, 0.15) is 62.5 Å². The summed E-state index contributed by atoms with van der Waals surface area (Å²) in [5, 5.41) is 11.2. The highest BCUT2D eigenvalue weighted by Crippen LogP contribution is 2.64. The molecule has 3 aliphatic rings. The molecule has 4 rings (SSSR count). The van der Waals surface area contributed by atoms with Crippen molar-refractivity contribution in [3.05, 3.63) is 29.3 Å². The first-order valence-electron chi connectivity index (χ1n) is 9.35. The number of aryl methyl sites for hydroxylation is 1. The van der Waals surface area contributed by atoms with Gasteiger partial charge in [-0.15, -0.1) is 0 Å². The largest absolute Gasteiger partial charge is 0.497 e. The van der Waals surface area contributed by atoms with E-state index in [4.69, 9.17) is 4.74 Å². The van der Waals surface area contributed by atoms with Gasteiger partial charge >= 0.3 is 0 Å². The van der Waals surface area contributed by atoms with Crippen LogP contribution in [0.4, 0.5) is 0 Å². The minimum Gasteiger partial charge on any atom is -0.497 e. The Balaban J connectivity index is 1.66. The fourth-order valence-electron chi connectivity index (χ4n) is 6.27. The quantitative estimate of drug-likeness (QED) is 0.857. The maximum Gasteiger partial charge on any atom is 0.122 e. The molecule has 2 fully saturated rings. The number of hydrogen-bond acceptors (Lipinski definition) is 3. The molecule has 0 radical (unpaired) electrons. The lowest BCUT2D eigenvalue weighted by Gasteiger charge is -2.53. The van der Waals surface area contributed by atoms with Crippen molar-refractivity contribution < 1.29 is 14.6 Å². The van der Waals surface area contributed by atoms with Gasteiger partial charge in [-0.05, 0) is 85.0 Å². The van der Waals surface area contributed by atoms with Crippen LogP contribution in [-0.4, -0.2) is 24.1 Å². The van der Waals surface area contributed by atoms with Gasteiger partial charge in [0.1, 0.15) is 12.0 Å². The van der Waals surface area contributed by atoms with Gasteiger partial charge in [-0.1, -0.05) is 13.0 Å². The third kappa shape index (κ3) is 2.10. The Kier molecular flexibility index (Phi) is 3.76. The van der Waals surface area contributed by atoms with E-state index in [0.717, 1.165) is 44.1 Å². The van der Waals surface area contributed by atoms with E-state index >= 15 is 0 Å². The second-order valence-electron chi connectivity index (χ2n) is 8.38. The molecule has 0 bridgehead atoms. The highest BCUT2D eigenvalue weighted by atomic mass is 16.5. The van der Waals surface area contributed by atoms with E-state index in [2.05, 4.69) is 25.1 Å². The Hall–Kier alpha value is -1.35. The normalized spacial score (nSPS) is 40.4. The first-order chi connectivity index (χ1) is 11.5. The van der Waals surface area contributed by atoms with E-state index < -0.39 is 5.60 Å². The molecule has 0 saturated heterocycles. The zero-order valence-corrected chi connectivity index (χ0v) is 14.8. The first-order valence-corrected chi connectivity index (χ1v) is 9.35. The van der Waals surface area contributed by atoms with E-state index in [-0.39, 0.29) is 5.41 Å². The first kappa shape index (κ1) is 16.1. The van der Waals surface area contributed by atoms with Crippen LogP contribution in [0.25, 0.3) is 0 Å². The van der Waals surface area contributed by atoms with Gasteiger partial charge in [0.15, 0.2) is 0 Å². The average molecular weight is 328 g/mol. The van der Waals surface area contributed by atoms with Crippen LogP contribution in [0.2, 0.25) is 0 Å². The molecule has 5 atom stereocenters. The summed E-state index contributed by atoms with van der Waals surface area (Å²) in [6.07, 6.45) is 7.51. The molecule has 24 heavy (non-hydrogen) atoms. The van der Waals surface area contributed by atoms with Crippen molar-refractivity contribution in [3.8, 4) is 5.75 Å². The van der Waals surface area contributed by atoms with Gasteiger partial charge < -0.3 is 14.6 Å². The number of benzene rings is 1. The predicted octanol–water partition coefficient (Wildman–Crippen LogP) is 3.87. The number of methoxy groups -OCH3 is 1. The molecule has 3 heteroatoms. The van der Waals surface area contributed by atoms with Gasteiger partial charge in [0.05, 0.1) is 12.7 Å². The molecule has 0 spiro atoms. The number of fused-ring (bicyclic) bond motifs is 5. The summed E-state index contributed by atoms with van der Waals surface area (Å²) in [6, 6.07) is 6.56. The molecule has 0 aliphatic heterocycles. The Morgan fingerprint density at radius 3 is 2.88 bits per heavy atom. The number of ether oxygens (including phenoxy) is 1. The van der Waals surface area contributed by atoms with Crippen molar-refractivity contribution in [2.75, 3.05) is 7.11 Å². The zero-order chi connectivity index (χ0) is 16.9.